The fraction of sp³-hybridized carbons (Fsp3) is 0.391. The number of amides is 1. The van der Waals surface area contributed by atoms with Crippen LogP contribution in [0, 0.1) is 6.92 Å². The highest BCUT2D eigenvalue weighted by atomic mass is 35.5. The van der Waals surface area contributed by atoms with Crippen molar-refractivity contribution in [3.8, 4) is 17.2 Å². The molecule has 2 aromatic carbocycles. The van der Waals surface area contributed by atoms with Gasteiger partial charge in [-0.25, -0.2) is 4.98 Å². The van der Waals surface area contributed by atoms with Gasteiger partial charge in [0.15, 0.2) is 11.7 Å². The number of methoxy groups -OCH3 is 1. The van der Waals surface area contributed by atoms with Crippen molar-refractivity contribution in [2.24, 2.45) is 0 Å². The Morgan fingerprint density at radius 2 is 1.69 bits per heavy atom. The van der Waals surface area contributed by atoms with Gasteiger partial charge in [-0.2, -0.15) is 0 Å². The molecule has 0 N–H and O–H groups in total. The van der Waals surface area contributed by atoms with Crippen molar-refractivity contribution in [3.63, 3.8) is 0 Å². The molecule has 0 saturated carbocycles. The molecule has 0 unspecified atom stereocenters. The summed E-state index contributed by atoms with van der Waals surface area (Å²) in [5.41, 5.74) is 1.88. The van der Waals surface area contributed by atoms with Crippen LogP contribution in [0.15, 0.2) is 36.4 Å². The fourth-order valence-corrected chi connectivity index (χ4v) is 4.12. The first-order chi connectivity index (χ1) is 14.9. The Balaban J connectivity index is 0.00000363. The van der Waals surface area contributed by atoms with Gasteiger partial charge >= 0.3 is 0 Å². The molecular formula is C23H30ClN3O4S. The van der Waals surface area contributed by atoms with Crippen LogP contribution < -0.4 is 19.1 Å². The van der Waals surface area contributed by atoms with Crippen molar-refractivity contribution in [2.75, 3.05) is 52.4 Å². The normalized spacial score (nSPS) is 10.7. The van der Waals surface area contributed by atoms with Crippen molar-refractivity contribution >= 4 is 45.0 Å². The van der Waals surface area contributed by atoms with Gasteiger partial charge in [0.1, 0.15) is 22.8 Å². The molecule has 0 saturated heterocycles. The predicted molar refractivity (Wildman–Crippen MR) is 132 cm³/mol. The van der Waals surface area contributed by atoms with Gasteiger partial charge in [-0.3, -0.25) is 9.69 Å². The van der Waals surface area contributed by atoms with E-state index in [1.165, 1.54) is 11.3 Å². The Morgan fingerprint density at radius 1 is 1.03 bits per heavy atom. The van der Waals surface area contributed by atoms with Gasteiger partial charge in [-0.05, 0) is 63.8 Å². The molecule has 3 rings (SSSR count). The number of hydrogen-bond donors (Lipinski definition) is 0. The van der Waals surface area contributed by atoms with Crippen molar-refractivity contribution in [1.29, 1.82) is 0 Å². The van der Waals surface area contributed by atoms with E-state index in [-0.39, 0.29) is 24.9 Å². The lowest BCUT2D eigenvalue weighted by molar-refractivity contribution is -0.120. The summed E-state index contributed by atoms with van der Waals surface area (Å²) in [6.45, 7) is 5.72. The van der Waals surface area contributed by atoms with E-state index in [0.29, 0.717) is 36.3 Å². The molecule has 3 aromatic rings. The predicted octanol–water partition coefficient (Wildman–Crippen LogP) is 4.41. The fourth-order valence-electron chi connectivity index (χ4n) is 3.03. The summed E-state index contributed by atoms with van der Waals surface area (Å²) in [7, 11) is 5.58. The molecule has 0 bridgehead atoms. The maximum Gasteiger partial charge on any atom is 0.266 e. The number of aryl methyl sites for hydroxylation is 1. The number of hydrogen-bond acceptors (Lipinski definition) is 7. The second-order valence-electron chi connectivity index (χ2n) is 7.30. The first kappa shape index (κ1) is 25.7. The molecule has 0 radical (unpaired) electrons. The third kappa shape index (κ3) is 6.25. The summed E-state index contributed by atoms with van der Waals surface area (Å²) < 4.78 is 17.7. The number of thiazole rings is 1. The van der Waals surface area contributed by atoms with E-state index >= 15 is 0 Å². The lowest BCUT2D eigenvalue weighted by Gasteiger charge is -2.22. The van der Waals surface area contributed by atoms with Crippen molar-refractivity contribution < 1.29 is 19.0 Å². The Bertz CT molecular complexity index is 1020. The number of halogens is 1. The molecule has 0 atom stereocenters. The Labute approximate surface area is 199 Å². The molecule has 1 heterocycles. The van der Waals surface area contributed by atoms with E-state index in [0.717, 1.165) is 21.5 Å². The van der Waals surface area contributed by atoms with Crippen LogP contribution in [0.4, 0.5) is 5.13 Å². The quantitative estimate of drug-likeness (QED) is 0.429. The SMILES string of the molecule is CCOc1ccc(OCC(=O)N(CCN(C)C)c2nc3c(OC)ccc(C)c3s2)cc1.Cl. The van der Waals surface area contributed by atoms with Crippen molar-refractivity contribution in [2.45, 2.75) is 13.8 Å². The van der Waals surface area contributed by atoms with Crippen LogP contribution in [0.2, 0.25) is 0 Å². The minimum Gasteiger partial charge on any atom is -0.494 e. The van der Waals surface area contributed by atoms with E-state index < -0.39 is 0 Å². The molecule has 0 spiro atoms. The zero-order valence-corrected chi connectivity index (χ0v) is 20.7. The summed E-state index contributed by atoms with van der Waals surface area (Å²) in [6, 6.07) is 11.2. The molecule has 32 heavy (non-hydrogen) atoms. The number of rotatable bonds is 10. The smallest absolute Gasteiger partial charge is 0.266 e. The summed E-state index contributed by atoms with van der Waals surface area (Å²) >= 11 is 1.49. The highest BCUT2D eigenvalue weighted by Gasteiger charge is 2.22. The van der Waals surface area contributed by atoms with Gasteiger partial charge in [0.25, 0.3) is 5.91 Å². The Kier molecular flexibility index (Phi) is 9.56. The number of nitrogens with zero attached hydrogens (tertiary/aromatic N) is 3. The summed E-state index contributed by atoms with van der Waals surface area (Å²) in [5, 5.41) is 0.643. The first-order valence-corrected chi connectivity index (χ1v) is 11.0. The van der Waals surface area contributed by atoms with Crippen LogP contribution in [0.25, 0.3) is 10.2 Å². The molecule has 9 heteroatoms. The largest absolute Gasteiger partial charge is 0.494 e. The van der Waals surface area contributed by atoms with Gasteiger partial charge in [-0.1, -0.05) is 17.4 Å². The average Bonchev–Trinajstić information content (AvgIpc) is 3.20. The van der Waals surface area contributed by atoms with Gasteiger partial charge < -0.3 is 19.1 Å². The van der Waals surface area contributed by atoms with Crippen LogP contribution in [0.3, 0.4) is 0 Å². The summed E-state index contributed by atoms with van der Waals surface area (Å²) in [5.74, 6) is 1.94. The molecule has 0 aliphatic heterocycles. The van der Waals surface area contributed by atoms with E-state index in [4.69, 9.17) is 19.2 Å². The van der Waals surface area contributed by atoms with Gasteiger partial charge in [-0.15, -0.1) is 12.4 Å². The number of carbonyl (C=O) groups is 1. The van der Waals surface area contributed by atoms with Crippen LogP contribution in [0.5, 0.6) is 17.2 Å². The minimum absolute atomic E-state index is 0. The lowest BCUT2D eigenvalue weighted by atomic mass is 10.2. The number of fused-ring (bicyclic) bond motifs is 1. The first-order valence-electron chi connectivity index (χ1n) is 10.2. The minimum atomic E-state index is -0.147. The Hall–Kier alpha value is -2.55. The summed E-state index contributed by atoms with van der Waals surface area (Å²) in [6.07, 6.45) is 0. The second-order valence-corrected chi connectivity index (χ2v) is 8.28. The van der Waals surface area contributed by atoms with Gasteiger partial charge in [0, 0.05) is 13.1 Å². The number of aromatic nitrogens is 1. The molecule has 0 aliphatic carbocycles. The maximum atomic E-state index is 13.1. The molecule has 174 valence electrons. The Morgan fingerprint density at radius 3 is 2.28 bits per heavy atom. The van der Waals surface area contributed by atoms with Crippen molar-refractivity contribution in [3.05, 3.63) is 42.0 Å². The molecule has 1 amide bonds. The van der Waals surface area contributed by atoms with Crippen LogP contribution in [-0.2, 0) is 4.79 Å². The van der Waals surface area contributed by atoms with Gasteiger partial charge in [0.2, 0.25) is 0 Å². The highest BCUT2D eigenvalue weighted by molar-refractivity contribution is 7.22. The molecule has 0 fully saturated rings. The van der Waals surface area contributed by atoms with E-state index in [1.54, 1.807) is 24.1 Å². The van der Waals surface area contributed by atoms with E-state index in [1.807, 2.05) is 57.1 Å². The second kappa shape index (κ2) is 11.9. The molecule has 7 nitrogen and oxygen atoms in total. The number of likely N-dealkylation sites (N-methyl/N-ethyl adjacent to an activating group) is 1. The molecule has 1 aromatic heterocycles. The lowest BCUT2D eigenvalue weighted by Crippen LogP contribution is -2.39. The third-order valence-corrected chi connectivity index (χ3v) is 5.93. The standard InChI is InChI=1S/C23H29N3O4S.ClH/c1-6-29-17-8-10-18(11-9-17)30-15-20(27)26(14-13-25(3)4)23-24-21-19(28-5)12-7-16(2)22(21)31-23;/h7-12H,6,13-15H2,1-5H3;1H. The zero-order valence-electron chi connectivity index (χ0n) is 19.1. The van der Waals surface area contributed by atoms with E-state index in [9.17, 15) is 4.79 Å². The van der Waals surface area contributed by atoms with Crippen LogP contribution in [0.1, 0.15) is 12.5 Å². The molecular weight excluding hydrogens is 450 g/mol. The van der Waals surface area contributed by atoms with E-state index in [2.05, 4.69) is 0 Å². The number of benzene rings is 2. The zero-order chi connectivity index (χ0) is 22.4. The number of ether oxygens (including phenoxy) is 3. The number of anilines is 1. The maximum absolute atomic E-state index is 13.1. The number of carbonyl (C=O) groups excluding carboxylic acids is 1. The average molecular weight is 480 g/mol. The topological polar surface area (TPSA) is 64.1 Å². The summed E-state index contributed by atoms with van der Waals surface area (Å²) in [4.78, 5) is 21.6. The third-order valence-electron chi connectivity index (χ3n) is 4.71. The van der Waals surface area contributed by atoms with Gasteiger partial charge in [0.05, 0.1) is 18.4 Å². The van der Waals surface area contributed by atoms with Crippen LogP contribution in [-0.4, -0.2) is 63.3 Å². The molecule has 0 aliphatic rings. The van der Waals surface area contributed by atoms with Crippen LogP contribution >= 0.6 is 23.7 Å². The monoisotopic (exact) mass is 479 g/mol. The van der Waals surface area contributed by atoms with Crippen molar-refractivity contribution in [1.82, 2.24) is 9.88 Å². The highest BCUT2D eigenvalue weighted by Crippen LogP contribution is 2.36.